The van der Waals surface area contributed by atoms with Crippen molar-refractivity contribution in [1.29, 1.82) is 0 Å². The van der Waals surface area contributed by atoms with Crippen molar-refractivity contribution in [3.05, 3.63) is 59.9 Å². The van der Waals surface area contributed by atoms with Crippen LogP contribution in [0.4, 0.5) is 0 Å². The van der Waals surface area contributed by atoms with Crippen molar-refractivity contribution < 1.29 is 14.6 Å². The van der Waals surface area contributed by atoms with E-state index in [0.29, 0.717) is 18.9 Å². The lowest BCUT2D eigenvalue weighted by Crippen LogP contribution is -2.37. The van der Waals surface area contributed by atoms with Gasteiger partial charge in [-0.3, -0.25) is 19.6 Å². The van der Waals surface area contributed by atoms with E-state index in [2.05, 4.69) is 20.9 Å². The Morgan fingerprint density at radius 2 is 2.04 bits per heavy atom. The van der Waals surface area contributed by atoms with E-state index in [1.165, 1.54) is 5.56 Å². The van der Waals surface area contributed by atoms with Gasteiger partial charge in [0.05, 0.1) is 6.61 Å². The van der Waals surface area contributed by atoms with Crippen molar-refractivity contribution in [1.82, 2.24) is 14.8 Å². The number of aliphatic carboxylic acids is 1. The average molecular weight is 369 g/mol. The van der Waals surface area contributed by atoms with Gasteiger partial charge in [0.1, 0.15) is 11.8 Å². The number of pyridine rings is 1. The summed E-state index contributed by atoms with van der Waals surface area (Å²) in [5.74, 6) is -0.174. The number of benzene rings is 1. The number of hydrogen-bond donors (Lipinski definition) is 1. The molecule has 0 saturated carbocycles. The van der Waals surface area contributed by atoms with Gasteiger partial charge in [0.2, 0.25) is 0 Å². The second-order valence-electron chi connectivity index (χ2n) is 6.74. The first-order chi connectivity index (χ1) is 13.2. The summed E-state index contributed by atoms with van der Waals surface area (Å²) in [6, 6.07) is 10.8. The molecule has 1 atom stereocenters. The highest BCUT2D eigenvalue weighted by Gasteiger charge is 2.31. The second kappa shape index (κ2) is 9.48. The molecular formula is C21H27N3O3. The molecule has 144 valence electrons. The van der Waals surface area contributed by atoms with E-state index in [-0.39, 0.29) is 0 Å². The van der Waals surface area contributed by atoms with Gasteiger partial charge in [-0.2, -0.15) is 0 Å². The van der Waals surface area contributed by atoms with Crippen molar-refractivity contribution in [3.8, 4) is 5.75 Å². The van der Waals surface area contributed by atoms with Crippen LogP contribution >= 0.6 is 0 Å². The maximum atomic E-state index is 12.1. The fourth-order valence-electron chi connectivity index (χ4n) is 3.64. The summed E-state index contributed by atoms with van der Waals surface area (Å²) in [7, 11) is 0. The van der Waals surface area contributed by atoms with Gasteiger partial charge < -0.3 is 9.84 Å². The fraction of sp³-hybridized carbons (Fsp3) is 0.429. The van der Waals surface area contributed by atoms with Gasteiger partial charge in [-0.25, -0.2) is 0 Å². The SMILES string of the molecule is CCOc1ccccc1C(C(=O)O)N1CCCN(Cc2cccnc2)CC1. The van der Waals surface area contributed by atoms with E-state index in [1.54, 1.807) is 6.20 Å². The third-order valence-electron chi connectivity index (χ3n) is 4.86. The second-order valence-corrected chi connectivity index (χ2v) is 6.74. The molecule has 2 heterocycles. The topological polar surface area (TPSA) is 65.9 Å². The quantitative estimate of drug-likeness (QED) is 0.810. The largest absolute Gasteiger partial charge is 0.494 e. The van der Waals surface area contributed by atoms with Gasteiger partial charge in [0.25, 0.3) is 0 Å². The van der Waals surface area contributed by atoms with Crippen molar-refractivity contribution in [2.45, 2.75) is 25.9 Å². The Morgan fingerprint density at radius 1 is 1.19 bits per heavy atom. The molecule has 6 heteroatoms. The van der Waals surface area contributed by atoms with E-state index >= 15 is 0 Å². The van der Waals surface area contributed by atoms with Crippen LogP contribution in [0.5, 0.6) is 5.75 Å². The Bertz CT molecular complexity index is 738. The minimum absolute atomic E-state index is 0.516. The first-order valence-electron chi connectivity index (χ1n) is 9.49. The van der Waals surface area contributed by atoms with Crippen LogP contribution in [0.1, 0.15) is 30.5 Å². The first-order valence-corrected chi connectivity index (χ1v) is 9.49. The van der Waals surface area contributed by atoms with Crippen molar-refractivity contribution in [2.75, 3.05) is 32.8 Å². The third kappa shape index (κ3) is 5.05. The molecule has 0 amide bonds. The molecule has 1 aliphatic rings. The van der Waals surface area contributed by atoms with E-state index in [1.807, 2.05) is 43.5 Å². The molecule has 1 fully saturated rings. The van der Waals surface area contributed by atoms with Crippen LogP contribution in [0.3, 0.4) is 0 Å². The number of carbonyl (C=O) groups is 1. The molecule has 0 aliphatic carbocycles. The Kier molecular flexibility index (Phi) is 6.79. The first kappa shape index (κ1) is 19.3. The zero-order chi connectivity index (χ0) is 19.1. The monoisotopic (exact) mass is 369 g/mol. The zero-order valence-electron chi connectivity index (χ0n) is 15.8. The van der Waals surface area contributed by atoms with Crippen molar-refractivity contribution in [3.63, 3.8) is 0 Å². The van der Waals surface area contributed by atoms with Gasteiger partial charge in [-0.1, -0.05) is 24.3 Å². The zero-order valence-corrected chi connectivity index (χ0v) is 15.8. The third-order valence-corrected chi connectivity index (χ3v) is 4.86. The number of nitrogens with zero attached hydrogens (tertiary/aromatic N) is 3. The van der Waals surface area contributed by atoms with Crippen LogP contribution in [-0.4, -0.2) is 58.6 Å². The van der Waals surface area contributed by atoms with Crippen molar-refractivity contribution in [2.24, 2.45) is 0 Å². The minimum atomic E-state index is -0.831. The molecule has 0 bridgehead atoms. The van der Waals surface area contributed by atoms with E-state index in [9.17, 15) is 9.90 Å². The molecule has 1 unspecified atom stereocenters. The molecule has 0 spiro atoms. The highest BCUT2D eigenvalue weighted by Crippen LogP contribution is 2.30. The summed E-state index contributed by atoms with van der Waals surface area (Å²) < 4.78 is 5.68. The molecule has 1 saturated heterocycles. The van der Waals surface area contributed by atoms with Crippen LogP contribution in [0.25, 0.3) is 0 Å². The smallest absolute Gasteiger partial charge is 0.325 e. The van der Waals surface area contributed by atoms with Gasteiger partial charge in [0, 0.05) is 44.1 Å². The summed E-state index contributed by atoms with van der Waals surface area (Å²) in [5.41, 5.74) is 1.91. The number of carboxylic acid groups (broad SMARTS) is 1. The van der Waals surface area contributed by atoms with Crippen LogP contribution < -0.4 is 4.74 Å². The number of hydrogen-bond acceptors (Lipinski definition) is 5. The molecule has 0 radical (unpaired) electrons. The molecule has 1 N–H and O–H groups in total. The summed E-state index contributed by atoms with van der Waals surface area (Å²) in [6.07, 6.45) is 4.60. The molecular weight excluding hydrogens is 342 g/mol. The van der Waals surface area contributed by atoms with Crippen LogP contribution in [0.2, 0.25) is 0 Å². The van der Waals surface area contributed by atoms with E-state index < -0.39 is 12.0 Å². The summed E-state index contributed by atoms with van der Waals surface area (Å²) in [4.78, 5) is 20.7. The predicted octanol–water partition coefficient (Wildman–Crippen LogP) is 2.81. The van der Waals surface area contributed by atoms with Gasteiger partial charge >= 0.3 is 5.97 Å². The van der Waals surface area contributed by atoms with E-state index in [4.69, 9.17) is 4.74 Å². The van der Waals surface area contributed by atoms with Crippen LogP contribution in [0.15, 0.2) is 48.8 Å². The number of aromatic nitrogens is 1. The van der Waals surface area contributed by atoms with Crippen molar-refractivity contribution >= 4 is 5.97 Å². The highest BCUT2D eigenvalue weighted by molar-refractivity contribution is 5.76. The molecule has 6 nitrogen and oxygen atoms in total. The molecule has 27 heavy (non-hydrogen) atoms. The Balaban J connectivity index is 1.73. The molecule has 2 aromatic rings. The number of carboxylic acids is 1. The lowest BCUT2D eigenvalue weighted by Gasteiger charge is -2.29. The standard InChI is InChI=1S/C21H27N3O3/c1-2-27-19-9-4-3-8-18(19)20(21(25)26)24-12-6-11-23(13-14-24)16-17-7-5-10-22-15-17/h3-5,7-10,15,20H,2,6,11-14,16H2,1H3,(H,25,26). The number of rotatable bonds is 7. The maximum Gasteiger partial charge on any atom is 0.325 e. The molecule has 3 rings (SSSR count). The lowest BCUT2D eigenvalue weighted by atomic mass is 10.0. The number of para-hydroxylation sites is 1. The Labute approximate surface area is 160 Å². The maximum absolute atomic E-state index is 12.1. The predicted molar refractivity (Wildman–Crippen MR) is 104 cm³/mol. The summed E-state index contributed by atoms with van der Waals surface area (Å²) >= 11 is 0. The number of ether oxygens (including phenoxy) is 1. The molecule has 1 aromatic carbocycles. The molecule has 1 aromatic heterocycles. The average Bonchev–Trinajstić information content (AvgIpc) is 2.90. The van der Waals surface area contributed by atoms with Gasteiger partial charge in [0.15, 0.2) is 0 Å². The summed E-state index contributed by atoms with van der Waals surface area (Å²) in [6.45, 7) is 6.50. The van der Waals surface area contributed by atoms with Gasteiger partial charge in [-0.15, -0.1) is 0 Å². The fourth-order valence-corrected chi connectivity index (χ4v) is 3.64. The normalized spacial score (nSPS) is 17.2. The van der Waals surface area contributed by atoms with Gasteiger partial charge in [-0.05, 0) is 37.6 Å². The Morgan fingerprint density at radius 3 is 2.78 bits per heavy atom. The minimum Gasteiger partial charge on any atom is -0.494 e. The van der Waals surface area contributed by atoms with Crippen LogP contribution in [-0.2, 0) is 11.3 Å². The highest BCUT2D eigenvalue weighted by atomic mass is 16.5. The summed E-state index contributed by atoms with van der Waals surface area (Å²) in [5, 5.41) is 9.95. The Hall–Kier alpha value is -2.44. The van der Waals surface area contributed by atoms with E-state index in [0.717, 1.165) is 38.2 Å². The lowest BCUT2D eigenvalue weighted by molar-refractivity contribution is -0.143. The van der Waals surface area contributed by atoms with Crippen LogP contribution in [0, 0.1) is 0 Å². The molecule has 1 aliphatic heterocycles.